The fourth-order valence-corrected chi connectivity index (χ4v) is 2.99. The van der Waals surface area contributed by atoms with E-state index in [0.717, 1.165) is 5.56 Å². The molecule has 0 aliphatic carbocycles. The predicted molar refractivity (Wildman–Crippen MR) is 87.9 cm³/mol. The van der Waals surface area contributed by atoms with Crippen LogP contribution in [0.25, 0.3) is 0 Å². The summed E-state index contributed by atoms with van der Waals surface area (Å²) in [7, 11) is -3.73. The molecule has 22 heavy (non-hydrogen) atoms. The molecule has 0 amide bonds. The van der Waals surface area contributed by atoms with Gasteiger partial charge in [0.05, 0.1) is 4.90 Å². The van der Waals surface area contributed by atoms with Gasteiger partial charge < -0.3 is 10.4 Å². The van der Waals surface area contributed by atoms with E-state index in [-0.39, 0.29) is 16.5 Å². The van der Waals surface area contributed by atoms with Crippen LogP contribution < -0.4 is 5.32 Å². The lowest BCUT2D eigenvalue weighted by Crippen LogP contribution is -2.12. The second kappa shape index (κ2) is 6.19. The highest BCUT2D eigenvalue weighted by Crippen LogP contribution is 2.25. The van der Waals surface area contributed by atoms with E-state index in [1.54, 1.807) is 44.2 Å². The zero-order valence-electron chi connectivity index (χ0n) is 12.7. The summed E-state index contributed by atoms with van der Waals surface area (Å²) in [5, 5.41) is 12.6. The van der Waals surface area contributed by atoms with Crippen molar-refractivity contribution in [1.29, 1.82) is 0 Å². The highest BCUT2D eigenvalue weighted by Gasteiger charge is 2.13. The van der Waals surface area contributed by atoms with Gasteiger partial charge in [-0.1, -0.05) is 18.2 Å². The number of nitrogens with zero attached hydrogens (tertiary/aromatic N) is 1. The van der Waals surface area contributed by atoms with E-state index in [9.17, 15) is 13.5 Å². The summed E-state index contributed by atoms with van der Waals surface area (Å²) in [5.41, 5.74) is 2.21. The van der Waals surface area contributed by atoms with E-state index in [1.807, 2.05) is 6.92 Å². The van der Waals surface area contributed by atoms with Gasteiger partial charge in [0.2, 0.25) is 0 Å². The molecule has 0 fully saturated rings. The molecule has 0 heterocycles. The van der Waals surface area contributed by atoms with Crippen LogP contribution in [0.5, 0.6) is 5.75 Å². The third-order valence-corrected chi connectivity index (χ3v) is 4.54. The summed E-state index contributed by atoms with van der Waals surface area (Å²) in [6.07, 6.45) is 0. The normalized spacial score (nSPS) is 12.2. The molecule has 0 aliphatic rings. The largest absolute Gasteiger partial charge is 0.508 e. The van der Waals surface area contributed by atoms with Crippen LogP contribution in [0.1, 0.15) is 18.1 Å². The molecule has 6 heteroatoms. The van der Waals surface area contributed by atoms with Crippen LogP contribution in [0.4, 0.5) is 5.69 Å². The molecule has 0 aromatic heterocycles. The second-order valence-electron chi connectivity index (χ2n) is 5.04. The second-order valence-corrected chi connectivity index (χ2v) is 6.65. The smallest absolute Gasteiger partial charge is 0.283 e. The zero-order valence-corrected chi connectivity index (χ0v) is 13.5. The van der Waals surface area contributed by atoms with Gasteiger partial charge in [0.25, 0.3) is 10.0 Å². The Morgan fingerprint density at radius 3 is 2.36 bits per heavy atom. The van der Waals surface area contributed by atoms with Gasteiger partial charge in [0, 0.05) is 5.69 Å². The molecule has 2 N–H and O–H groups in total. The molecular weight excluding hydrogens is 300 g/mol. The number of phenols is 1. The Kier molecular flexibility index (Phi) is 4.51. The molecule has 0 aliphatic heterocycles. The van der Waals surface area contributed by atoms with Crippen LogP contribution in [-0.2, 0) is 10.0 Å². The maximum atomic E-state index is 12.2. The van der Waals surface area contributed by atoms with Crippen LogP contribution in [0, 0.1) is 13.8 Å². The molecule has 0 saturated carbocycles. The minimum atomic E-state index is -3.73. The summed E-state index contributed by atoms with van der Waals surface area (Å²) in [6.45, 7) is 5.18. The Balaban J connectivity index is 2.29. The quantitative estimate of drug-likeness (QED) is 0.517. The van der Waals surface area contributed by atoms with Crippen molar-refractivity contribution in [3.05, 3.63) is 53.6 Å². The number of aromatic hydroxyl groups is 1. The Hall–Kier alpha value is -2.34. The molecule has 2 rings (SSSR count). The monoisotopic (exact) mass is 318 g/mol. The number of phenolic OH excluding ortho intramolecular Hbond substituents is 1. The topological polar surface area (TPSA) is 78.8 Å². The van der Waals surface area contributed by atoms with Gasteiger partial charge in [0.1, 0.15) is 11.6 Å². The number of sulfonamides is 1. The number of benzene rings is 2. The molecule has 0 radical (unpaired) electrons. The zero-order chi connectivity index (χ0) is 16.3. The number of anilines is 1. The minimum absolute atomic E-state index is 0.148. The first-order valence-corrected chi connectivity index (χ1v) is 8.17. The first-order chi connectivity index (χ1) is 10.3. The van der Waals surface area contributed by atoms with Crippen LogP contribution >= 0.6 is 0 Å². The van der Waals surface area contributed by atoms with Gasteiger partial charge in [-0.2, -0.15) is 8.42 Å². The molecule has 0 saturated heterocycles. The maximum absolute atomic E-state index is 12.2. The van der Waals surface area contributed by atoms with Crippen molar-refractivity contribution in [3.8, 4) is 5.75 Å². The van der Waals surface area contributed by atoms with E-state index >= 15 is 0 Å². The van der Waals surface area contributed by atoms with Gasteiger partial charge in [0.15, 0.2) is 0 Å². The molecule has 0 atom stereocenters. The Morgan fingerprint density at radius 1 is 1.09 bits per heavy atom. The standard InChI is InChI=1S/C16H18N2O3S/c1-11-10-16(19)12(2)9-15(11)17-13(3)18-22(20,21)14-7-5-4-6-8-14/h4-10,19H,1-3H3,(H,17,18). The Labute approximate surface area is 130 Å². The van der Waals surface area contributed by atoms with E-state index in [4.69, 9.17) is 0 Å². The van der Waals surface area contributed by atoms with Crippen LogP contribution in [0.2, 0.25) is 0 Å². The van der Waals surface area contributed by atoms with Crippen LogP contribution in [-0.4, -0.2) is 19.4 Å². The number of hydrogen-bond donors (Lipinski definition) is 2. The summed E-state index contributed by atoms with van der Waals surface area (Å²) < 4.78 is 28.1. The van der Waals surface area contributed by atoms with Crippen LogP contribution in [0.3, 0.4) is 0 Å². The van der Waals surface area contributed by atoms with Crippen molar-refractivity contribution in [3.63, 3.8) is 0 Å². The minimum Gasteiger partial charge on any atom is -0.508 e. The van der Waals surface area contributed by atoms with Crippen molar-refractivity contribution >= 4 is 21.5 Å². The maximum Gasteiger partial charge on any atom is 0.283 e. The SMILES string of the molecule is CC(=NS(=O)(=O)c1ccccc1)Nc1cc(C)c(O)cc1C. The Bertz CT molecular complexity index is 813. The number of aryl methyl sites for hydroxylation is 2. The summed E-state index contributed by atoms with van der Waals surface area (Å²) in [5.74, 6) is 0.464. The number of amidine groups is 1. The number of hydrogen-bond acceptors (Lipinski definition) is 3. The van der Waals surface area contributed by atoms with E-state index in [2.05, 4.69) is 9.71 Å². The fraction of sp³-hybridized carbons (Fsp3) is 0.188. The van der Waals surface area contributed by atoms with Gasteiger partial charge in [-0.15, -0.1) is 4.40 Å². The van der Waals surface area contributed by atoms with Gasteiger partial charge in [-0.05, 0) is 56.2 Å². The Morgan fingerprint density at radius 2 is 1.73 bits per heavy atom. The molecule has 0 spiro atoms. The van der Waals surface area contributed by atoms with Crippen LogP contribution in [0.15, 0.2) is 51.8 Å². The van der Waals surface area contributed by atoms with E-state index < -0.39 is 10.0 Å². The fourth-order valence-electron chi connectivity index (χ4n) is 1.98. The van der Waals surface area contributed by atoms with E-state index in [0.29, 0.717) is 11.3 Å². The molecule has 116 valence electrons. The first-order valence-electron chi connectivity index (χ1n) is 6.73. The molecule has 0 bridgehead atoms. The highest BCUT2D eigenvalue weighted by atomic mass is 32.2. The van der Waals surface area contributed by atoms with Crippen molar-refractivity contribution in [2.24, 2.45) is 4.40 Å². The lowest BCUT2D eigenvalue weighted by molar-refractivity contribution is 0.471. The summed E-state index contributed by atoms with van der Waals surface area (Å²) in [6, 6.07) is 11.4. The molecular formula is C16H18N2O3S. The van der Waals surface area contributed by atoms with Gasteiger partial charge >= 0.3 is 0 Å². The van der Waals surface area contributed by atoms with Crippen molar-refractivity contribution < 1.29 is 13.5 Å². The highest BCUT2D eigenvalue weighted by molar-refractivity contribution is 7.90. The lowest BCUT2D eigenvalue weighted by Gasteiger charge is -2.11. The summed E-state index contributed by atoms with van der Waals surface area (Å²) in [4.78, 5) is 0.148. The molecule has 0 unspecified atom stereocenters. The van der Waals surface area contributed by atoms with Crippen molar-refractivity contribution in [1.82, 2.24) is 0 Å². The predicted octanol–water partition coefficient (Wildman–Crippen LogP) is 3.23. The third kappa shape index (κ3) is 3.65. The average Bonchev–Trinajstić information content (AvgIpc) is 2.45. The van der Waals surface area contributed by atoms with E-state index in [1.165, 1.54) is 12.1 Å². The van der Waals surface area contributed by atoms with Gasteiger partial charge in [-0.25, -0.2) is 0 Å². The average molecular weight is 318 g/mol. The number of nitrogens with one attached hydrogen (secondary N) is 1. The molecule has 5 nitrogen and oxygen atoms in total. The summed E-state index contributed by atoms with van der Waals surface area (Å²) >= 11 is 0. The number of rotatable bonds is 3. The third-order valence-electron chi connectivity index (χ3n) is 3.16. The molecule has 2 aromatic rings. The lowest BCUT2D eigenvalue weighted by atomic mass is 10.1. The van der Waals surface area contributed by atoms with Gasteiger partial charge in [-0.3, -0.25) is 0 Å². The van der Waals surface area contributed by atoms with Crippen molar-refractivity contribution in [2.75, 3.05) is 5.32 Å². The molecule has 2 aromatic carbocycles. The van der Waals surface area contributed by atoms with Crippen molar-refractivity contribution in [2.45, 2.75) is 25.7 Å². The first kappa shape index (κ1) is 16.0.